The molecule has 2 heterocycles. The molecule has 0 spiro atoms. The van der Waals surface area contributed by atoms with Gasteiger partial charge in [0.2, 0.25) is 5.82 Å². The van der Waals surface area contributed by atoms with Crippen molar-refractivity contribution in [3.05, 3.63) is 49.6 Å². The van der Waals surface area contributed by atoms with Crippen LogP contribution in [0.25, 0.3) is 16.9 Å². The molecule has 7 nitrogen and oxygen atoms in total. The first-order valence-electron chi connectivity index (χ1n) is 7.16. The van der Waals surface area contributed by atoms with E-state index in [0.29, 0.717) is 24.1 Å². The molecule has 0 unspecified atom stereocenters. The second-order valence-corrected chi connectivity index (χ2v) is 6.52. The van der Waals surface area contributed by atoms with Crippen molar-refractivity contribution < 1.29 is 4.92 Å². The number of nitro groups is 1. The Morgan fingerprint density at radius 1 is 1.17 bits per heavy atom. The summed E-state index contributed by atoms with van der Waals surface area (Å²) >= 11 is 17.5. The molecule has 0 atom stereocenters. The first-order chi connectivity index (χ1) is 11.5. The molecule has 3 rings (SSSR count). The van der Waals surface area contributed by atoms with Gasteiger partial charge in [-0.1, -0.05) is 52.1 Å². The van der Waals surface area contributed by atoms with Gasteiger partial charge >= 0.3 is 5.70 Å². The van der Waals surface area contributed by atoms with Crippen molar-refractivity contribution in [2.45, 2.75) is 12.8 Å². The van der Waals surface area contributed by atoms with Crippen molar-refractivity contribution in [3.8, 4) is 0 Å². The van der Waals surface area contributed by atoms with Gasteiger partial charge < -0.3 is 4.90 Å². The average molecular weight is 389 g/mol. The summed E-state index contributed by atoms with van der Waals surface area (Å²) in [7, 11) is 0. The minimum atomic E-state index is -0.600. The first kappa shape index (κ1) is 17.0. The molecule has 1 aliphatic rings. The van der Waals surface area contributed by atoms with Gasteiger partial charge in [0.25, 0.3) is 0 Å². The highest BCUT2D eigenvalue weighted by Gasteiger charge is 2.33. The fourth-order valence-corrected chi connectivity index (χ4v) is 3.02. The van der Waals surface area contributed by atoms with Gasteiger partial charge in [-0.15, -0.1) is 5.10 Å². The van der Waals surface area contributed by atoms with Crippen LogP contribution in [0.3, 0.4) is 0 Å². The van der Waals surface area contributed by atoms with E-state index in [2.05, 4.69) is 10.3 Å². The van der Waals surface area contributed by atoms with Crippen LogP contribution in [0.1, 0.15) is 12.8 Å². The molecule has 1 aromatic carbocycles. The van der Waals surface area contributed by atoms with Crippen LogP contribution in [0.4, 0.5) is 0 Å². The number of hydrogen-bond donors (Lipinski definition) is 0. The highest BCUT2D eigenvalue weighted by molar-refractivity contribution is 6.59. The van der Waals surface area contributed by atoms with Gasteiger partial charge in [-0.3, -0.25) is 10.1 Å². The average Bonchev–Trinajstić information content (AvgIpc) is 3.21. The van der Waals surface area contributed by atoms with Crippen molar-refractivity contribution in [2.24, 2.45) is 0 Å². The lowest BCUT2D eigenvalue weighted by molar-refractivity contribution is -0.419. The van der Waals surface area contributed by atoms with Gasteiger partial charge in [0.15, 0.2) is 5.03 Å². The van der Waals surface area contributed by atoms with E-state index in [1.807, 2.05) is 17.0 Å². The maximum atomic E-state index is 11.7. The summed E-state index contributed by atoms with van der Waals surface area (Å²) in [4.78, 5) is 12.9. The highest BCUT2D eigenvalue weighted by atomic mass is 35.5. The van der Waals surface area contributed by atoms with Crippen molar-refractivity contribution in [1.82, 2.24) is 19.9 Å². The molecule has 10 heteroatoms. The molecule has 0 bridgehead atoms. The van der Waals surface area contributed by atoms with E-state index in [-0.39, 0.29) is 15.3 Å². The highest BCUT2D eigenvalue weighted by Crippen LogP contribution is 2.33. The standard InChI is InChI=1S/C14H12Cl3N5O2/c15-11(13(16)17)12(22(23)24)14(20-7-3-4-8-20)21-10-6-2-1-5-9(10)18-19-21/h1-2,5-6H,3-4,7-8H2/b14-12+. The fourth-order valence-electron chi connectivity index (χ4n) is 2.69. The Bertz CT molecular complexity index is 851. The van der Waals surface area contributed by atoms with E-state index in [4.69, 9.17) is 34.8 Å². The second-order valence-electron chi connectivity index (χ2n) is 5.19. The summed E-state index contributed by atoms with van der Waals surface area (Å²) in [5.74, 6) is 0.218. The Labute approximate surface area is 152 Å². The summed E-state index contributed by atoms with van der Waals surface area (Å²) in [5.41, 5.74) is 0.858. The number of para-hydroxylation sites is 1. The van der Waals surface area contributed by atoms with Crippen molar-refractivity contribution >= 4 is 51.7 Å². The third kappa shape index (κ3) is 3.07. The monoisotopic (exact) mass is 387 g/mol. The largest absolute Gasteiger partial charge is 0.351 e. The second kappa shape index (κ2) is 6.96. The minimum Gasteiger partial charge on any atom is -0.351 e. The van der Waals surface area contributed by atoms with E-state index in [1.54, 1.807) is 12.1 Å². The molecule has 0 radical (unpaired) electrons. The Kier molecular flexibility index (Phi) is 4.93. The number of aromatic nitrogens is 3. The van der Waals surface area contributed by atoms with E-state index in [0.717, 1.165) is 12.8 Å². The summed E-state index contributed by atoms with van der Waals surface area (Å²) in [6.07, 6.45) is 1.83. The van der Waals surface area contributed by atoms with Gasteiger partial charge in [-0.25, -0.2) is 0 Å². The molecule has 0 aliphatic carbocycles. The number of allylic oxidation sites excluding steroid dienone is 1. The lowest BCUT2D eigenvalue weighted by Crippen LogP contribution is -2.26. The Morgan fingerprint density at radius 3 is 2.46 bits per heavy atom. The van der Waals surface area contributed by atoms with Crippen molar-refractivity contribution in [2.75, 3.05) is 13.1 Å². The molecule has 24 heavy (non-hydrogen) atoms. The predicted molar refractivity (Wildman–Crippen MR) is 93.1 cm³/mol. The van der Waals surface area contributed by atoms with E-state index >= 15 is 0 Å². The fraction of sp³-hybridized carbons (Fsp3) is 0.286. The van der Waals surface area contributed by atoms with E-state index in [1.165, 1.54) is 4.68 Å². The molecule has 0 saturated carbocycles. The van der Waals surface area contributed by atoms with Crippen LogP contribution < -0.4 is 0 Å². The molecule has 126 valence electrons. The summed E-state index contributed by atoms with van der Waals surface area (Å²) in [6, 6.07) is 7.18. The number of nitrogens with zero attached hydrogens (tertiary/aromatic N) is 5. The summed E-state index contributed by atoms with van der Waals surface area (Å²) in [5, 5.41) is 19.5. The van der Waals surface area contributed by atoms with Gasteiger partial charge in [-0.05, 0) is 25.0 Å². The number of benzene rings is 1. The molecule has 0 N–H and O–H groups in total. The van der Waals surface area contributed by atoms with Crippen molar-refractivity contribution in [1.29, 1.82) is 0 Å². The molecule has 1 fully saturated rings. The zero-order valence-electron chi connectivity index (χ0n) is 12.3. The lowest BCUT2D eigenvalue weighted by Gasteiger charge is -2.21. The SMILES string of the molecule is O=[N+]([O-])/C(C(Cl)=C(Cl)Cl)=C(\N1CCCC1)n1nnc2ccccc21. The number of rotatable bonds is 4. The zero-order chi connectivity index (χ0) is 17.3. The quantitative estimate of drug-likeness (QED) is 0.452. The molecular weight excluding hydrogens is 377 g/mol. The molecular formula is C14H12Cl3N5O2. The van der Waals surface area contributed by atoms with E-state index < -0.39 is 10.6 Å². The number of fused-ring (bicyclic) bond motifs is 1. The van der Waals surface area contributed by atoms with Crippen LogP contribution in [0.15, 0.2) is 39.5 Å². The smallest absolute Gasteiger partial charge is 0.332 e. The molecule has 1 aliphatic heterocycles. The maximum Gasteiger partial charge on any atom is 0.332 e. The third-order valence-corrected chi connectivity index (χ3v) is 4.67. The van der Waals surface area contributed by atoms with Crippen LogP contribution in [0, 0.1) is 10.1 Å². The van der Waals surface area contributed by atoms with Crippen LogP contribution in [0.5, 0.6) is 0 Å². The Hall–Kier alpha value is -1.83. The third-order valence-electron chi connectivity index (χ3n) is 3.73. The number of hydrogen-bond acceptors (Lipinski definition) is 5. The lowest BCUT2D eigenvalue weighted by atomic mass is 10.3. The van der Waals surface area contributed by atoms with Crippen LogP contribution in [-0.2, 0) is 0 Å². The Balaban J connectivity index is 2.32. The molecule has 0 amide bonds. The van der Waals surface area contributed by atoms with E-state index in [9.17, 15) is 10.1 Å². The van der Waals surface area contributed by atoms with Crippen molar-refractivity contribution in [3.63, 3.8) is 0 Å². The molecule has 1 aromatic heterocycles. The molecule has 2 aromatic rings. The number of likely N-dealkylation sites (tertiary alicyclic amines) is 1. The Morgan fingerprint density at radius 2 is 1.83 bits per heavy atom. The normalized spacial score (nSPS) is 15.5. The summed E-state index contributed by atoms with van der Waals surface area (Å²) < 4.78 is 1.04. The van der Waals surface area contributed by atoms with Gasteiger partial charge in [0, 0.05) is 13.1 Å². The van der Waals surface area contributed by atoms with Crippen LogP contribution in [-0.4, -0.2) is 37.9 Å². The van der Waals surface area contributed by atoms with Gasteiger partial charge in [-0.2, -0.15) is 4.68 Å². The van der Waals surface area contributed by atoms with Crippen LogP contribution in [0.2, 0.25) is 0 Å². The molecule has 1 saturated heterocycles. The maximum absolute atomic E-state index is 11.7. The minimum absolute atomic E-state index is 0.218. The number of halogens is 3. The predicted octanol–water partition coefficient (Wildman–Crippen LogP) is 3.82. The van der Waals surface area contributed by atoms with Gasteiger partial charge in [0.05, 0.1) is 10.4 Å². The first-order valence-corrected chi connectivity index (χ1v) is 8.29. The topological polar surface area (TPSA) is 77.1 Å². The zero-order valence-corrected chi connectivity index (χ0v) is 14.6. The summed E-state index contributed by atoms with van der Waals surface area (Å²) in [6.45, 7) is 1.29. The van der Waals surface area contributed by atoms with Gasteiger partial charge in [0.1, 0.15) is 10.0 Å². The van der Waals surface area contributed by atoms with Crippen LogP contribution >= 0.6 is 34.8 Å².